The highest BCUT2D eigenvalue weighted by molar-refractivity contribution is 6.30. The molecule has 1 aromatic carbocycles. The van der Waals surface area contributed by atoms with Gasteiger partial charge in [-0.3, -0.25) is 0 Å². The molecule has 0 spiro atoms. The van der Waals surface area contributed by atoms with E-state index in [1.807, 2.05) is 7.05 Å². The van der Waals surface area contributed by atoms with Crippen molar-refractivity contribution in [1.82, 2.24) is 5.32 Å². The van der Waals surface area contributed by atoms with Crippen molar-refractivity contribution in [3.8, 4) is 0 Å². The van der Waals surface area contributed by atoms with Crippen molar-refractivity contribution >= 4 is 11.6 Å². The van der Waals surface area contributed by atoms with E-state index in [9.17, 15) is 4.39 Å². The molecule has 1 aliphatic carbocycles. The monoisotopic (exact) mass is 283 g/mol. The fraction of sp³-hybridized carbons (Fsp3) is 0.625. The summed E-state index contributed by atoms with van der Waals surface area (Å²) in [5.41, 5.74) is 1.05. The Kier molecular flexibility index (Phi) is 4.86. The van der Waals surface area contributed by atoms with Crippen LogP contribution in [0.2, 0.25) is 5.02 Å². The summed E-state index contributed by atoms with van der Waals surface area (Å²) in [7, 11) is 1.99. The average Bonchev–Trinajstić information content (AvgIpc) is 2.89. The van der Waals surface area contributed by atoms with Gasteiger partial charge < -0.3 is 5.32 Å². The van der Waals surface area contributed by atoms with E-state index in [2.05, 4.69) is 12.2 Å². The summed E-state index contributed by atoms with van der Waals surface area (Å²) >= 11 is 5.98. The van der Waals surface area contributed by atoms with Crippen molar-refractivity contribution in [3.05, 3.63) is 34.6 Å². The molecule has 1 aliphatic rings. The first-order valence-corrected chi connectivity index (χ1v) is 7.60. The highest BCUT2D eigenvalue weighted by Crippen LogP contribution is 2.44. The average molecular weight is 284 g/mol. The molecule has 0 bridgehead atoms. The second kappa shape index (κ2) is 6.23. The fourth-order valence-corrected chi connectivity index (χ4v) is 3.77. The SMILES string of the molecule is CCC1(C(Cc2cc(Cl)ccc2F)NC)CCCC1. The van der Waals surface area contributed by atoms with E-state index >= 15 is 0 Å². The van der Waals surface area contributed by atoms with Gasteiger partial charge in [0.25, 0.3) is 0 Å². The number of likely N-dealkylation sites (N-methyl/N-ethyl adjacent to an activating group) is 1. The number of nitrogens with one attached hydrogen (secondary N) is 1. The highest BCUT2D eigenvalue weighted by atomic mass is 35.5. The van der Waals surface area contributed by atoms with Gasteiger partial charge in [0, 0.05) is 11.1 Å². The minimum Gasteiger partial charge on any atom is -0.316 e. The van der Waals surface area contributed by atoms with Gasteiger partial charge in [0.2, 0.25) is 0 Å². The predicted molar refractivity (Wildman–Crippen MR) is 79.2 cm³/mol. The van der Waals surface area contributed by atoms with Gasteiger partial charge in [0.05, 0.1) is 0 Å². The van der Waals surface area contributed by atoms with Crippen molar-refractivity contribution in [1.29, 1.82) is 0 Å². The van der Waals surface area contributed by atoms with Crippen LogP contribution in [0.4, 0.5) is 4.39 Å². The number of halogens is 2. The summed E-state index contributed by atoms with van der Waals surface area (Å²) in [6.07, 6.45) is 6.96. The lowest BCUT2D eigenvalue weighted by atomic mass is 9.74. The van der Waals surface area contributed by atoms with Gasteiger partial charge in [-0.25, -0.2) is 4.39 Å². The normalized spacial score (nSPS) is 19.6. The number of hydrogen-bond acceptors (Lipinski definition) is 1. The molecule has 106 valence electrons. The van der Waals surface area contributed by atoms with E-state index in [1.165, 1.54) is 31.7 Å². The third-order valence-electron chi connectivity index (χ3n) is 4.82. The highest BCUT2D eigenvalue weighted by Gasteiger charge is 2.39. The largest absolute Gasteiger partial charge is 0.316 e. The topological polar surface area (TPSA) is 12.0 Å². The zero-order valence-corrected chi connectivity index (χ0v) is 12.6. The molecule has 0 saturated heterocycles. The standard InChI is InChI=1S/C16H23ClFN/c1-3-16(8-4-5-9-16)15(19-2)11-12-10-13(17)6-7-14(12)18/h6-7,10,15,19H,3-5,8-9,11H2,1-2H3. The van der Waals surface area contributed by atoms with Crippen LogP contribution in [0.5, 0.6) is 0 Å². The molecule has 1 atom stereocenters. The Morgan fingerprint density at radius 3 is 2.63 bits per heavy atom. The van der Waals surface area contributed by atoms with Gasteiger partial charge >= 0.3 is 0 Å². The molecule has 1 aromatic rings. The van der Waals surface area contributed by atoms with Gasteiger partial charge in [-0.05, 0) is 61.9 Å². The van der Waals surface area contributed by atoms with Crippen molar-refractivity contribution in [2.75, 3.05) is 7.05 Å². The Bertz CT molecular complexity index is 427. The van der Waals surface area contributed by atoms with Crippen LogP contribution in [0.25, 0.3) is 0 Å². The van der Waals surface area contributed by atoms with E-state index in [0.717, 1.165) is 18.4 Å². The Morgan fingerprint density at radius 2 is 2.05 bits per heavy atom. The van der Waals surface area contributed by atoms with Crippen LogP contribution >= 0.6 is 11.6 Å². The molecule has 0 heterocycles. The van der Waals surface area contributed by atoms with E-state index < -0.39 is 0 Å². The molecule has 2 rings (SSSR count). The smallest absolute Gasteiger partial charge is 0.126 e. The number of rotatable bonds is 5. The molecule has 1 fully saturated rings. The fourth-order valence-electron chi connectivity index (χ4n) is 3.57. The summed E-state index contributed by atoms with van der Waals surface area (Å²) in [5.74, 6) is -0.145. The third-order valence-corrected chi connectivity index (χ3v) is 5.06. The molecule has 1 nitrogen and oxygen atoms in total. The first kappa shape index (κ1) is 14.8. The second-order valence-corrected chi connectivity index (χ2v) is 6.14. The molecule has 3 heteroatoms. The Balaban J connectivity index is 2.21. The Hall–Kier alpha value is -0.600. The maximum atomic E-state index is 13.9. The number of hydrogen-bond donors (Lipinski definition) is 1. The molecule has 1 saturated carbocycles. The van der Waals surface area contributed by atoms with E-state index in [1.54, 1.807) is 12.1 Å². The van der Waals surface area contributed by atoms with Crippen LogP contribution in [0, 0.1) is 11.2 Å². The zero-order chi connectivity index (χ0) is 13.9. The lowest BCUT2D eigenvalue weighted by molar-refractivity contribution is 0.191. The quantitative estimate of drug-likeness (QED) is 0.834. The lowest BCUT2D eigenvalue weighted by Crippen LogP contribution is -2.43. The summed E-state index contributed by atoms with van der Waals surface area (Å²) in [4.78, 5) is 0. The minimum absolute atomic E-state index is 0.145. The molecular formula is C16H23ClFN. The van der Waals surface area contributed by atoms with E-state index in [4.69, 9.17) is 11.6 Å². The summed E-state index contributed by atoms with van der Waals surface area (Å²) in [6, 6.07) is 5.17. The molecule has 1 N–H and O–H groups in total. The third kappa shape index (κ3) is 3.11. The minimum atomic E-state index is -0.145. The number of benzene rings is 1. The molecular weight excluding hydrogens is 261 g/mol. The van der Waals surface area contributed by atoms with Crippen LogP contribution < -0.4 is 5.32 Å². The van der Waals surface area contributed by atoms with Crippen molar-refractivity contribution < 1.29 is 4.39 Å². The van der Waals surface area contributed by atoms with Gasteiger partial charge in [-0.2, -0.15) is 0 Å². The molecule has 19 heavy (non-hydrogen) atoms. The van der Waals surface area contributed by atoms with Crippen LogP contribution in [0.1, 0.15) is 44.6 Å². The predicted octanol–water partition coefficient (Wildman–Crippen LogP) is 4.58. The van der Waals surface area contributed by atoms with E-state index in [0.29, 0.717) is 16.5 Å². The van der Waals surface area contributed by atoms with Crippen LogP contribution in [-0.2, 0) is 6.42 Å². The summed E-state index contributed by atoms with van der Waals surface area (Å²) in [5, 5.41) is 4.04. The summed E-state index contributed by atoms with van der Waals surface area (Å²) < 4.78 is 13.9. The van der Waals surface area contributed by atoms with Gasteiger partial charge in [-0.1, -0.05) is 31.4 Å². The Morgan fingerprint density at radius 1 is 1.37 bits per heavy atom. The van der Waals surface area contributed by atoms with Gasteiger partial charge in [-0.15, -0.1) is 0 Å². The molecule has 0 amide bonds. The van der Waals surface area contributed by atoms with Gasteiger partial charge in [0.1, 0.15) is 5.82 Å². The lowest BCUT2D eigenvalue weighted by Gasteiger charge is -2.37. The van der Waals surface area contributed by atoms with Crippen LogP contribution in [0.3, 0.4) is 0 Å². The van der Waals surface area contributed by atoms with Gasteiger partial charge in [0.15, 0.2) is 0 Å². The van der Waals surface area contributed by atoms with Crippen LogP contribution in [-0.4, -0.2) is 13.1 Å². The van der Waals surface area contributed by atoms with Crippen molar-refractivity contribution in [3.63, 3.8) is 0 Å². The maximum absolute atomic E-state index is 13.9. The first-order valence-electron chi connectivity index (χ1n) is 7.22. The van der Waals surface area contributed by atoms with E-state index in [-0.39, 0.29) is 5.82 Å². The zero-order valence-electron chi connectivity index (χ0n) is 11.8. The molecule has 0 aromatic heterocycles. The Labute approximate surface area is 120 Å². The first-order chi connectivity index (χ1) is 9.11. The second-order valence-electron chi connectivity index (χ2n) is 5.70. The molecule has 1 unspecified atom stereocenters. The molecule has 0 aliphatic heterocycles. The van der Waals surface area contributed by atoms with Crippen molar-refractivity contribution in [2.24, 2.45) is 5.41 Å². The molecule has 0 radical (unpaired) electrons. The van der Waals surface area contributed by atoms with Crippen LogP contribution in [0.15, 0.2) is 18.2 Å². The summed E-state index contributed by atoms with van der Waals surface area (Å²) in [6.45, 7) is 2.25. The maximum Gasteiger partial charge on any atom is 0.126 e. The van der Waals surface area contributed by atoms with Crippen molar-refractivity contribution in [2.45, 2.75) is 51.5 Å².